The van der Waals surface area contributed by atoms with E-state index < -0.39 is 5.41 Å². The summed E-state index contributed by atoms with van der Waals surface area (Å²) >= 11 is 0. The van der Waals surface area contributed by atoms with Crippen molar-refractivity contribution >= 4 is 5.91 Å². The van der Waals surface area contributed by atoms with Gasteiger partial charge in [0.1, 0.15) is 5.76 Å². The molecule has 1 unspecified atom stereocenters. The molecule has 2 N–H and O–H groups in total. The van der Waals surface area contributed by atoms with Gasteiger partial charge in [-0.05, 0) is 27.2 Å². The van der Waals surface area contributed by atoms with Crippen LogP contribution in [0.5, 0.6) is 0 Å². The van der Waals surface area contributed by atoms with Crippen LogP contribution in [0.4, 0.5) is 0 Å². The van der Waals surface area contributed by atoms with Crippen LogP contribution in [0.2, 0.25) is 0 Å². The minimum Gasteiger partial charge on any atom is -0.361 e. The van der Waals surface area contributed by atoms with Crippen LogP contribution < -0.4 is 5.73 Å². The Bertz CT molecular complexity index is 402. The average molecular weight is 253 g/mol. The molecule has 5 nitrogen and oxygen atoms in total. The summed E-state index contributed by atoms with van der Waals surface area (Å²) < 4.78 is 5.10. The molecule has 0 aromatic carbocycles. The molecule has 1 aromatic heterocycles. The Balaban J connectivity index is 2.83. The smallest absolute Gasteiger partial charge is 0.229 e. The van der Waals surface area contributed by atoms with Gasteiger partial charge in [0.15, 0.2) is 0 Å². The van der Waals surface area contributed by atoms with Crippen molar-refractivity contribution in [2.75, 3.05) is 13.6 Å². The van der Waals surface area contributed by atoms with Crippen molar-refractivity contribution in [3.05, 3.63) is 17.0 Å². The first-order valence-electron chi connectivity index (χ1n) is 6.23. The van der Waals surface area contributed by atoms with Crippen LogP contribution in [0.25, 0.3) is 0 Å². The van der Waals surface area contributed by atoms with E-state index in [1.54, 1.807) is 11.9 Å². The fourth-order valence-electron chi connectivity index (χ4n) is 1.88. The lowest BCUT2D eigenvalue weighted by Crippen LogP contribution is -2.44. The van der Waals surface area contributed by atoms with Crippen molar-refractivity contribution in [2.24, 2.45) is 11.1 Å². The number of carbonyl (C=O) groups is 1. The van der Waals surface area contributed by atoms with E-state index in [0.29, 0.717) is 13.1 Å². The molecule has 102 valence electrons. The number of aromatic nitrogens is 1. The van der Waals surface area contributed by atoms with E-state index in [4.69, 9.17) is 10.3 Å². The molecule has 0 fully saturated rings. The van der Waals surface area contributed by atoms with Crippen molar-refractivity contribution < 1.29 is 9.32 Å². The largest absolute Gasteiger partial charge is 0.361 e. The molecule has 1 heterocycles. The quantitative estimate of drug-likeness (QED) is 0.865. The molecule has 0 saturated carbocycles. The summed E-state index contributed by atoms with van der Waals surface area (Å²) in [6.07, 6.45) is 0.730. The van der Waals surface area contributed by atoms with Crippen LogP contribution in [-0.4, -0.2) is 29.6 Å². The first-order chi connectivity index (χ1) is 8.35. The van der Waals surface area contributed by atoms with Gasteiger partial charge < -0.3 is 15.2 Å². The first-order valence-corrected chi connectivity index (χ1v) is 6.23. The van der Waals surface area contributed by atoms with Gasteiger partial charge in [0.2, 0.25) is 5.91 Å². The molecule has 0 aliphatic carbocycles. The SMILES string of the molecule is CCC(C)(CN)C(=O)N(C)Cc1c(C)noc1C. The Morgan fingerprint density at radius 1 is 1.50 bits per heavy atom. The number of carbonyl (C=O) groups excluding carboxylic acids is 1. The average Bonchev–Trinajstić information content (AvgIpc) is 2.68. The summed E-state index contributed by atoms with van der Waals surface area (Å²) in [7, 11) is 1.79. The predicted octanol–water partition coefficient (Wildman–Crippen LogP) is 1.62. The fourth-order valence-corrected chi connectivity index (χ4v) is 1.88. The zero-order chi connectivity index (χ0) is 13.9. The van der Waals surface area contributed by atoms with Gasteiger partial charge in [-0.1, -0.05) is 12.1 Å². The molecule has 0 aliphatic heterocycles. The molecule has 5 heteroatoms. The van der Waals surface area contributed by atoms with E-state index in [0.717, 1.165) is 23.4 Å². The molecule has 1 atom stereocenters. The Morgan fingerprint density at radius 3 is 2.50 bits per heavy atom. The molecule has 0 saturated heterocycles. The van der Waals surface area contributed by atoms with Crippen LogP contribution in [0.1, 0.15) is 37.3 Å². The number of nitrogens with zero attached hydrogens (tertiary/aromatic N) is 2. The van der Waals surface area contributed by atoms with E-state index in [-0.39, 0.29) is 5.91 Å². The van der Waals surface area contributed by atoms with Crippen LogP contribution in [0.3, 0.4) is 0 Å². The van der Waals surface area contributed by atoms with Gasteiger partial charge in [0.25, 0.3) is 0 Å². The van der Waals surface area contributed by atoms with Gasteiger partial charge in [-0.3, -0.25) is 4.79 Å². The molecule has 18 heavy (non-hydrogen) atoms. The Hall–Kier alpha value is -1.36. The van der Waals surface area contributed by atoms with E-state index in [1.165, 1.54) is 0 Å². The lowest BCUT2D eigenvalue weighted by atomic mass is 9.86. The standard InChI is InChI=1S/C13H23N3O2/c1-6-13(4,8-14)12(17)16(5)7-11-9(2)15-18-10(11)3/h6-8,14H2,1-5H3. The highest BCUT2D eigenvalue weighted by Gasteiger charge is 2.32. The molecule has 0 aliphatic rings. The lowest BCUT2D eigenvalue weighted by Gasteiger charge is -2.30. The van der Waals surface area contributed by atoms with E-state index in [2.05, 4.69) is 5.16 Å². The molecular weight excluding hydrogens is 230 g/mol. The summed E-state index contributed by atoms with van der Waals surface area (Å²) in [6.45, 7) is 8.49. The second-order valence-corrected chi connectivity index (χ2v) is 5.08. The Labute approximate surface area is 108 Å². The van der Waals surface area contributed by atoms with Gasteiger partial charge in [-0.2, -0.15) is 0 Å². The highest BCUT2D eigenvalue weighted by Crippen LogP contribution is 2.24. The summed E-state index contributed by atoms with van der Waals surface area (Å²) in [6, 6.07) is 0. The van der Waals surface area contributed by atoms with Crippen LogP contribution >= 0.6 is 0 Å². The van der Waals surface area contributed by atoms with Gasteiger partial charge in [0, 0.05) is 19.2 Å². The summed E-state index contributed by atoms with van der Waals surface area (Å²) in [5.74, 6) is 0.825. The van der Waals surface area contributed by atoms with E-state index in [1.807, 2.05) is 27.7 Å². The summed E-state index contributed by atoms with van der Waals surface area (Å²) in [5.41, 5.74) is 7.02. The molecule has 1 amide bonds. The Morgan fingerprint density at radius 2 is 2.11 bits per heavy atom. The number of hydrogen-bond acceptors (Lipinski definition) is 4. The first kappa shape index (κ1) is 14.7. The molecular formula is C13H23N3O2. The highest BCUT2D eigenvalue weighted by molar-refractivity contribution is 5.82. The maximum absolute atomic E-state index is 12.4. The zero-order valence-electron chi connectivity index (χ0n) is 11.9. The van der Waals surface area contributed by atoms with Gasteiger partial charge in [-0.15, -0.1) is 0 Å². The van der Waals surface area contributed by atoms with Gasteiger partial charge in [0.05, 0.1) is 17.7 Å². The molecule has 1 rings (SSSR count). The normalized spacial score (nSPS) is 14.3. The maximum Gasteiger partial charge on any atom is 0.229 e. The molecule has 0 bridgehead atoms. The molecule has 0 radical (unpaired) electrons. The minimum atomic E-state index is -0.492. The van der Waals surface area contributed by atoms with Crippen LogP contribution in [-0.2, 0) is 11.3 Å². The summed E-state index contributed by atoms with van der Waals surface area (Å²) in [5, 5.41) is 3.89. The van der Waals surface area contributed by atoms with Gasteiger partial charge in [-0.25, -0.2) is 0 Å². The topological polar surface area (TPSA) is 72.4 Å². The van der Waals surface area contributed by atoms with Crippen molar-refractivity contribution in [3.8, 4) is 0 Å². The highest BCUT2D eigenvalue weighted by atomic mass is 16.5. The lowest BCUT2D eigenvalue weighted by molar-refractivity contribution is -0.140. The van der Waals surface area contributed by atoms with Crippen LogP contribution in [0, 0.1) is 19.3 Å². The number of nitrogens with two attached hydrogens (primary N) is 1. The second kappa shape index (κ2) is 5.52. The van der Waals surface area contributed by atoms with E-state index in [9.17, 15) is 4.79 Å². The van der Waals surface area contributed by atoms with E-state index >= 15 is 0 Å². The fraction of sp³-hybridized carbons (Fsp3) is 0.692. The second-order valence-electron chi connectivity index (χ2n) is 5.08. The van der Waals surface area contributed by atoms with Crippen molar-refractivity contribution in [1.82, 2.24) is 10.1 Å². The van der Waals surface area contributed by atoms with Crippen molar-refractivity contribution in [2.45, 2.75) is 40.7 Å². The third kappa shape index (κ3) is 2.72. The van der Waals surface area contributed by atoms with Crippen molar-refractivity contribution in [1.29, 1.82) is 0 Å². The number of hydrogen-bond donors (Lipinski definition) is 1. The number of rotatable bonds is 5. The monoisotopic (exact) mass is 253 g/mol. The molecule has 0 spiro atoms. The zero-order valence-corrected chi connectivity index (χ0v) is 11.9. The third-order valence-electron chi connectivity index (χ3n) is 3.67. The maximum atomic E-state index is 12.4. The number of aryl methyl sites for hydroxylation is 2. The molecule has 1 aromatic rings. The predicted molar refractivity (Wildman–Crippen MR) is 69.9 cm³/mol. The van der Waals surface area contributed by atoms with Crippen molar-refractivity contribution in [3.63, 3.8) is 0 Å². The van der Waals surface area contributed by atoms with Crippen LogP contribution in [0.15, 0.2) is 4.52 Å². The minimum absolute atomic E-state index is 0.0625. The summed E-state index contributed by atoms with van der Waals surface area (Å²) in [4.78, 5) is 14.1. The van der Waals surface area contributed by atoms with Gasteiger partial charge >= 0.3 is 0 Å². The number of amides is 1. The third-order valence-corrected chi connectivity index (χ3v) is 3.67. The Kier molecular flexibility index (Phi) is 4.51.